The Morgan fingerprint density at radius 1 is 0.619 bits per heavy atom. The van der Waals surface area contributed by atoms with Gasteiger partial charge in [0.25, 0.3) is 0 Å². The van der Waals surface area contributed by atoms with Gasteiger partial charge in [-0.05, 0) is 38.5 Å². The Kier molecular flexibility index (Phi) is 19.3. The van der Waals surface area contributed by atoms with Crippen LogP contribution in [-0.4, -0.2) is 34.1 Å². The van der Waals surface area contributed by atoms with Crippen LogP contribution in [0.2, 0.25) is 0 Å². The third-order valence-electron chi connectivity index (χ3n) is 2.04. The fraction of sp³-hybridized carbons (Fsp3) is 0.667. The summed E-state index contributed by atoms with van der Waals surface area (Å²) in [5.74, 6) is -4.02. The van der Waals surface area contributed by atoms with Gasteiger partial charge in [0, 0.05) is 24.8 Å². The second-order valence-electron chi connectivity index (χ2n) is 3.95. The molecule has 8 nitrogen and oxygen atoms in total. The number of rotatable bonds is 10. The second-order valence-corrected chi connectivity index (χ2v) is 3.95. The number of hydrogen-bond acceptors (Lipinski definition) is 6. The van der Waals surface area contributed by atoms with E-state index in [4.69, 9.17) is 10.2 Å². The van der Waals surface area contributed by atoms with E-state index < -0.39 is 23.9 Å². The van der Waals surface area contributed by atoms with E-state index in [0.717, 1.165) is 0 Å². The van der Waals surface area contributed by atoms with Gasteiger partial charge < -0.3 is 30.0 Å². The first-order valence-corrected chi connectivity index (χ1v) is 6.09. The number of unbranched alkanes of at least 4 members (excludes halogenated alkanes) is 2. The third-order valence-corrected chi connectivity index (χ3v) is 2.04. The van der Waals surface area contributed by atoms with E-state index >= 15 is 0 Å². The average Bonchev–Trinajstić information content (AvgIpc) is 2.30. The fourth-order valence-electron chi connectivity index (χ4n) is 1.09. The summed E-state index contributed by atoms with van der Waals surface area (Å²) in [6.07, 6.45) is 1.55. The first-order chi connectivity index (χ1) is 9.25. The summed E-state index contributed by atoms with van der Waals surface area (Å²) in [5, 5.41) is 35.8. The molecule has 0 atom stereocenters. The summed E-state index contributed by atoms with van der Waals surface area (Å²) >= 11 is 0. The van der Waals surface area contributed by atoms with Gasteiger partial charge in [0.05, 0.1) is 0 Å². The van der Waals surface area contributed by atoms with Crippen LogP contribution in [0.3, 0.4) is 0 Å². The van der Waals surface area contributed by atoms with Crippen molar-refractivity contribution in [3.63, 3.8) is 0 Å². The van der Waals surface area contributed by atoms with Gasteiger partial charge in [-0.3, -0.25) is 9.59 Å². The Morgan fingerprint density at radius 2 is 0.857 bits per heavy atom. The molecule has 0 unspecified atom stereocenters. The van der Waals surface area contributed by atoms with Crippen molar-refractivity contribution in [1.82, 2.24) is 0 Å². The van der Waals surface area contributed by atoms with Crippen molar-refractivity contribution in [2.75, 3.05) is 0 Å². The van der Waals surface area contributed by atoms with Crippen LogP contribution < -0.4 is 10.2 Å². The van der Waals surface area contributed by atoms with Gasteiger partial charge in [0.15, 0.2) is 0 Å². The van der Waals surface area contributed by atoms with E-state index in [1.54, 1.807) is 0 Å². The van der Waals surface area contributed by atoms with Crippen molar-refractivity contribution in [1.29, 1.82) is 0 Å². The van der Waals surface area contributed by atoms with E-state index in [2.05, 4.69) is 0 Å². The first-order valence-electron chi connectivity index (χ1n) is 6.09. The summed E-state index contributed by atoms with van der Waals surface area (Å²) in [6, 6.07) is 0. The van der Waals surface area contributed by atoms with Crippen LogP contribution in [0.25, 0.3) is 0 Å². The van der Waals surface area contributed by atoms with Crippen LogP contribution in [-0.2, 0) is 38.7 Å². The SMILES string of the molecule is O=C(O)CCCCC(=O)O.O=C([O-])CCCCC(=O)[O-].[Zn+2]. The first kappa shape index (κ1) is 24.5. The molecule has 0 saturated carbocycles. The maximum atomic E-state index is 9.90. The van der Waals surface area contributed by atoms with Crippen LogP contribution in [0.15, 0.2) is 0 Å². The van der Waals surface area contributed by atoms with Crippen LogP contribution in [0.5, 0.6) is 0 Å². The molecule has 0 aliphatic rings. The average molecular weight is 356 g/mol. The minimum Gasteiger partial charge on any atom is -0.550 e. The summed E-state index contributed by atoms with van der Waals surface area (Å²) in [6.45, 7) is 0. The van der Waals surface area contributed by atoms with Crippen LogP contribution in [0.1, 0.15) is 51.4 Å². The number of carbonyl (C=O) groups excluding carboxylic acids is 2. The van der Waals surface area contributed by atoms with E-state index in [1.807, 2.05) is 0 Å². The molecule has 116 valence electrons. The maximum Gasteiger partial charge on any atom is 2.00 e. The molecular formula is C12H18O8Zn. The van der Waals surface area contributed by atoms with Crippen molar-refractivity contribution in [3.05, 3.63) is 0 Å². The topological polar surface area (TPSA) is 155 Å². The Labute approximate surface area is 134 Å². The summed E-state index contributed by atoms with van der Waals surface area (Å²) in [7, 11) is 0. The molecule has 0 radical (unpaired) electrons. The summed E-state index contributed by atoms with van der Waals surface area (Å²) in [4.78, 5) is 39.3. The van der Waals surface area contributed by atoms with E-state index in [-0.39, 0.29) is 45.2 Å². The normalized spacial score (nSPS) is 8.76. The second kappa shape index (κ2) is 16.6. The van der Waals surface area contributed by atoms with Crippen molar-refractivity contribution in [2.45, 2.75) is 51.4 Å². The monoisotopic (exact) mass is 354 g/mol. The summed E-state index contributed by atoms with van der Waals surface area (Å²) in [5.41, 5.74) is 0. The van der Waals surface area contributed by atoms with Crippen LogP contribution >= 0.6 is 0 Å². The molecule has 0 amide bonds. The Hall–Kier alpha value is -1.50. The number of hydrogen-bond donors (Lipinski definition) is 2. The Balaban J connectivity index is -0.000000295. The van der Waals surface area contributed by atoms with Gasteiger partial charge in [-0.15, -0.1) is 0 Å². The van der Waals surface area contributed by atoms with Gasteiger partial charge >= 0.3 is 31.4 Å². The molecule has 0 aromatic rings. The molecule has 0 bridgehead atoms. The zero-order chi connectivity index (χ0) is 16.0. The molecule has 0 saturated heterocycles. The van der Waals surface area contributed by atoms with Crippen molar-refractivity contribution < 1.29 is 59.1 Å². The molecule has 0 aliphatic heterocycles. The predicted molar refractivity (Wildman–Crippen MR) is 62.2 cm³/mol. The standard InChI is InChI=1S/2C6H10O4.Zn/c2*7-5(8)3-1-2-4-6(9)10;/h2*1-4H2,(H,7,8)(H,9,10);/q;;+2/p-2. The minimum absolute atomic E-state index is 0. The number of carbonyl (C=O) groups is 4. The van der Waals surface area contributed by atoms with Crippen molar-refractivity contribution >= 4 is 23.9 Å². The van der Waals surface area contributed by atoms with Gasteiger partial charge in [0.2, 0.25) is 0 Å². The molecule has 0 heterocycles. The van der Waals surface area contributed by atoms with E-state index in [1.165, 1.54) is 0 Å². The van der Waals surface area contributed by atoms with Crippen LogP contribution in [0.4, 0.5) is 0 Å². The largest absolute Gasteiger partial charge is 2.00 e. The predicted octanol–water partition coefficient (Wildman–Crippen LogP) is -1.24. The zero-order valence-electron chi connectivity index (χ0n) is 11.7. The van der Waals surface area contributed by atoms with Crippen molar-refractivity contribution in [2.24, 2.45) is 0 Å². The number of carboxylic acids is 4. The molecule has 0 spiro atoms. The number of aliphatic carboxylic acids is 4. The Morgan fingerprint density at radius 3 is 1.05 bits per heavy atom. The molecule has 0 rings (SSSR count). The quantitative estimate of drug-likeness (QED) is 0.364. The molecule has 0 aliphatic carbocycles. The van der Waals surface area contributed by atoms with Gasteiger partial charge in [-0.1, -0.05) is 0 Å². The molecule has 0 aromatic carbocycles. The summed E-state index contributed by atoms with van der Waals surface area (Å²) < 4.78 is 0. The maximum absolute atomic E-state index is 9.90. The molecular weight excluding hydrogens is 338 g/mol. The fourth-order valence-corrected chi connectivity index (χ4v) is 1.09. The van der Waals surface area contributed by atoms with Gasteiger partial charge in [-0.25, -0.2) is 0 Å². The zero-order valence-corrected chi connectivity index (χ0v) is 14.7. The number of carboxylic acid groups (broad SMARTS) is 4. The molecule has 0 aromatic heterocycles. The van der Waals surface area contributed by atoms with Crippen molar-refractivity contribution in [3.8, 4) is 0 Å². The molecule has 2 N–H and O–H groups in total. The van der Waals surface area contributed by atoms with E-state index in [9.17, 15) is 29.4 Å². The molecule has 0 fully saturated rings. The Bertz CT molecular complexity index is 265. The molecule has 21 heavy (non-hydrogen) atoms. The smallest absolute Gasteiger partial charge is 0.550 e. The van der Waals surface area contributed by atoms with Gasteiger partial charge in [-0.2, -0.15) is 0 Å². The van der Waals surface area contributed by atoms with E-state index in [0.29, 0.717) is 25.7 Å². The molecule has 9 heteroatoms. The van der Waals surface area contributed by atoms with Crippen LogP contribution in [0, 0.1) is 0 Å². The minimum atomic E-state index is -1.14. The third kappa shape index (κ3) is 32.2. The van der Waals surface area contributed by atoms with Gasteiger partial charge in [0.1, 0.15) is 0 Å².